The van der Waals surface area contributed by atoms with Gasteiger partial charge in [-0.3, -0.25) is 4.79 Å². The van der Waals surface area contributed by atoms with E-state index in [0.717, 1.165) is 31.4 Å². The summed E-state index contributed by atoms with van der Waals surface area (Å²) in [6.45, 7) is 2.13. The Morgan fingerprint density at radius 1 is 1.48 bits per heavy atom. The third-order valence-electron chi connectivity index (χ3n) is 4.70. The highest BCUT2D eigenvalue weighted by Gasteiger charge is 2.36. The lowest BCUT2D eigenvalue weighted by Gasteiger charge is -2.42. The summed E-state index contributed by atoms with van der Waals surface area (Å²) < 4.78 is 5.16. The number of hydrogen-bond acceptors (Lipinski definition) is 3. The highest BCUT2D eigenvalue weighted by molar-refractivity contribution is 6.30. The Kier molecular flexibility index (Phi) is 6.88. The van der Waals surface area contributed by atoms with Gasteiger partial charge in [0.1, 0.15) is 0 Å². The summed E-state index contributed by atoms with van der Waals surface area (Å²) in [6.07, 6.45) is 3.85. The van der Waals surface area contributed by atoms with E-state index in [-0.39, 0.29) is 17.9 Å². The molecule has 1 aliphatic rings. The number of carbonyl (C=O) groups excluding carboxylic acids is 1. The topological polar surface area (TPSA) is 49.8 Å². The first-order valence-corrected chi connectivity index (χ1v) is 8.58. The fourth-order valence-electron chi connectivity index (χ4n) is 3.25. The highest BCUT2D eigenvalue weighted by Crippen LogP contribution is 2.33. The van der Waals surface area contributed by atoms with Crippen LogP contribution in [0.4, 0.5) is 0 Å². The van der Waals surface area contributed by atoms with Crippen LogP contribution in [0.2, 0.25) is 5.02 Å². The Balaban J connectivity index is 1.90. The molecule has 4 nitrogen and oxygen atoms in total. The molecule has 0 spiro atoms. The van der Waals surface area contributed by atoms with Crippen molar-refractivity contribution in [3.05, 3.63) is 34.9 Å². The van der Waals surface area contributed by atoms with Gasteiger partial charge in [-0.1, -0.05) is 23.7 Å². The largest absolute Gasteiger partial charge is 0.396 e. The fourth-order valence-corrected chi connectivity index (χ4v) is 3.47. The highest BCUT2D eigenvalue weighted by atomic mass is 35.5. The number of carbonyl (C=O) groups is 1. The van der Waals surface area contributed by atoms with E-state index in [4.69, 9.17) is 16.3 Å². The molecule has 1 amide bonds. The maximum atomic E-state index is 12.5. The summed E-state index contributed by atoms with van der Waals surface area (Å²) in [7, 11) is 1.67. The number of aliphatic hydroxyl groups excluding tert-OH is 1. The molecule has 1 aliphatic heterocycles. The maximum absolute atomic E-state index is 12.5. The molecule has 5 heteroatoms. The average molecular weight is 340 g/mol. The number of likely N-dealkylation sites (tertiary alicyclic amines) is 1. The van der Waals surface area contributed by atoms with Crippen LogP contribution < -0.4 is 0 Å². The van der Waals surface area contributed by atoms with Crippen LogP contribution in [0, 0.1) is 5.41 Å². The van der Waals surface area contributed by atoms with Gasteiger partial charge in [-0.15, -0.1) is 0 Å². The average Bonchev–Trinajstić information content (AvgIpc) is 2.58. The van der Waals surface area contributed by atoms with Gasteiger partial charge in [0.05, 0.1) is 6.61 Å². The predicted octanol–water partition coefficient (Wildman–Crippen LogP) is 2.91. The molecular formula is C18H26ClNO3. The van der Waals surface area contributed by atoms with Crippen LogP contribution in [0.1, 0.15) is 31.2 Å². The van der Waals surface area contributed by atoms with Gasteiger partial charge in [0.2, 0.25) is 5.91 Å². The number of benzene rings is 1. The second-order valence-electron chi connectivity index (χ2n) is 6.45. The molecule has 0 unspecified atom stereocenters. The van der Waals surface area contributed by atoms with Gasteiger partial charge in [0.25, 0.3) is 0 Å². The van der Waals surface area contributed by atoms with Crippen molar-refractivity contribution in [1.82, 2.24) is 4.90 Å². The third kappa shape index (κ3) is 5.20. The van der Waals surface area contributed by atoms with Crippen LogP contribution in [0.3, 0.4) is 0 Å². The van der Waals surface area contributed by atoms with Crippen molar-refractivity contribution in [1.29, 1.82) is 0 Å². The molecule has 1 fully saturated rings. The number of hydrogen-bond donors (Lipinski definition) is 1. The van der Waals surface area contributed by atoms with E-state index in [1.165, 1.54) is 0 Å². The molecule has 0 saturated carbocycles. The Morgan fingerprint density at radius 3 is 3.00 bits per heavy atom. The van der Waals surface area contributed by atoms with Crippen molar-refractivity contribution in [2.45, 2.75) is 32.1 Å². The van der Waals surface area contributed by atoms with E-state index in [1.54, 1.807) is 7.11 Å². The molecule has 128 valence electrons. The first kappa shape index (κ1) is 18.2. The van der Waals surface area contributed by atoms with Crippen molar-refractivity contribution < 1.29 is 14.6 Å². The molecule has 23 heavy (non-hydrogen) atoms. The second kappa shape index (κ2) is 8.67. The van der Waals surface area contributed by atoms with Gasteiger partial charge in [0, 0.05) is 43.7 Å². The minimum Gasteiger partial charge on any atom is -0.396 e. The molecular weight excluding hydrogens is 314 g/mol. The predicted molar refractivity (Wildman–Crippen MR) is 91.6 cm³/mol. The number of rotatable bonds is 7. The van der Waals surface area contributed by atoms with E-state index in [9.17, 15) is 9.90 Å². The van der Waals surface area contributed by atoms with Crippen molar-refractivity contribution in [3.8, 4) is 0 Å². The molecule has 1 atom stereocenters. The minimum absolute atomic E-state index is 0.106. The monoisotopic (exact) mass is 339 g/mol. The van der Waals surface area contributed by atoms with Crippen LogP contribution in [0.25, 0.3) is 0 Å². The standard InChI is InChI=1S/C18H26ClNO3/c1-23-11-9-18(14-21)8-3-10-20(13-18)17(22)7-6-15-4-2-5-16(19)12-15/h2,4-5,12,21H,3,6-11,13-14H2,1H3/t18-/m0/s1. The molecule has 0 aliphatic carbocycles. The molecule has 1 aromatic rings. The van der Waals surface area contributed by atoms with Crippen LogP contribution in [0.5, 0.6) is 0 Å². The third-order valence-corrected chi connectivity index (χ3v) is 4.94. The fraction of sp³-hybridized carbons (Fsp3) is 0.611. The maximum Gasteiger partial charge on any atom is 0.222 e. The molecule has 1 heterocycles. The van der Waals surface area contributed by atoms with E-state index >= 15 is 0 Å². The minimum atomic E-state index is -0.208. The normalized spacial score (nSPS) is 21.4. The van der Waals surface area contributed by atoms with Crippen molar-refractivity contribution in [2.75, 3.05) is 33.4 Å². The van der Waals surface area contributed by atoms with Crippen molar-refractivity contribution in [2.24, 2.45) is 5.41 Å². The smallest absolute Gasteiger partial charge is 0.222 e. The number of ether oxygens (including phenoxy) is 1. The molecule has 1 saturated heterocycles. The molecule has 0 radical (unpaired) electrons. The first-order chi connectivity index (χ1) is 11.1. The number of nitrogens with zero attached hydrogens (tertiary/aromatic N) is 1. The van der Waals surface area contributed by atoms with Gasteiger partial charge >= 0.3 is 0 Å². The van der Waals surface area contributed by atoms with E-state index < -0.39 is 0 Å². The number of halogens is 1. The lowest BCUT2D eigenvalue weighted by Crippen LogP contribution is -2.48. The van der Waals surface area contributed by atoms with E-state index in [2.05, 4.69) is 0 Å². The van der Waals surface area contributed by atoms with E-state index in [1.807, 2.05) is 29.2 Å². The quantitative estimate of drug-likeness (QED) is 0.831. The summed E-state index contributed by atoms with van der Waals surface area (Å²) in [6, 6.07) is 7.64. The van der Waals surface area contributed by atoms with E-state index in [0.29, 0.717) is 31.0 Å². The Bertz CT molecular complexity index is 523. The zero-order chi connectivity index (χ0) is 16.7. The lowest BCUT2D eigenvalue weighted by atomic mass is 9.78. The van der Waals surface area contributed by atoms with Gasteiger partial charge in [-0.25, -0.2) is 0 Å². The van der Waals surface area contributed by atoms with Crippen LogP contribution >= 0.6 is 11.6 Å². The molecule has 1 N–H and O–H groups in total. The molecule has 1 aromatic carbocycles. The first-order valence-electron chi connectivity index (χ1n) is 8.21. The second-order valence-corrected chi connectivity index (χ2v) is 6.89. The summed E-state index contributed by atoms with van der Waals surface area (Å²) in [5, 5.41) is 10.5. The Morgan fingerprint density at radius 2 is 2.30 bits per heavy atom. The zero-order valence-corrected chi connectivity index (χ0v) is 14.5. The van der Waals surface area contributed by atoms with Crippen LogP contribution in [0.15, 0.2) is 24.3 Å². The number of aryl methyl sites for hydroxylation is 1. The molecule has 2 rings (SSSR count). The van der Waals surface area contributed by atoms with Gasteiger partial charge in [-0.05, 0) is 43.4 Å². The van der Waals surface area contributed by atoms with Crippen LogP contribution in [-0.2, 0) is 16.0 Å². The van der Waals surface area contributed by atoms with Gasteiger partial charge < -0.3 is 14.7 Å². The summed E-state index contributed by atoms with van der Waals surface area (Å²) in [4.78, 5) is 14.4. The van der Waals surface area contributed by atoms with Crippen molar-refractivity contribution in [3.63, 3.8) is 0 Å². The Hall–Kier alpha value is -1.10. The van der Waals surface area contributed by atoms with Crippen molar-refractivity contribution >= 4 is 17.5 Å². The summed E-state index contributed by atoms with van der Waals surface area (Å²) in [5.74, 6) is 0.153. The van der Waals surface area contributed by atoms with Gasteiger partial charge in [-0.2, -0.15) is 0 Å². The number of piperidine rings is 1. The number of aliphatic hydroxyl groups is 1. The molecule has 0 bridgehead atoms. The number of methoxy groups -OCH3 is 1. The van der Waals surface area contributed by atoms with Gasteiger partial charge in [0.15, 0.2) is 0 Å². The number of amides is 1. The Labute approximate surface area is 143 Å². The lowest BCUT2D eigenvalue weighted by molar-refractivity contribution is -0.136. The van der Waals surface area contributed by atoms with Crippen LogP contribution in [-0.4, -0.2) is 49.3 Å². The summed E-state index contributed by atoms with van der Waals surface area (Å²) in [5.41, 5.74) is 0.871. The zero-order valence-electron chi connectivity index (χ0n) is 13.8. The summed E-state index contributed by atoms with van der Waals surface area (Å²) >= 11 is 5.98. The SMILES string of the molecule is COCC[C@@]1(CO)CCCN(C(=O)CCc2cccc(Cl)c2)C1. The molecule has 0 aromatic heterocycles.